The monoisotopic (exact) mass is 729 g/mol. The van der Waals surface area contributed by atoms with Gasteiger partial charge in [-0.1, -0.05) is 48.0 Å². The van der Waals surface area contributed by atoms with Crippen molar-refractivity contribution in [2.24, 2.45) is 39.9 Å². The van der Waals surface area contributed by atoms with Crippen LogP contribution in [0, 0.1) is 17.8 Å². The molecule has 0 aromatic carbocycles. The molecule has 0 aromatic rings. The number of carbonyl (C=O) groups excluding carboxylic acids is 5. The number of nitrogens with one attached hydrogen (secondary N) is 5. The fourth-order valence-corrected chi connectivity index (χ4v) is 4.68. The summed E-state index contributed by atoms with van der Waals surface area (Å²) in [5.41, 5.74) is 16.2. The van der Waals surface area contributed by atoms with Crippen molar-refractivity contribution in [3.8, 4) is 0 Å². The third-order valence-electron chi connectivity index (χ3n) is 7.69. The molecule has 51 heavy (non-hydrogen) atoms. The lowest BCUT2D eigenvalue weighted by Crippen LogP contribution is -2.60. The second kappa shape index (κ2) is 22.7. The Morgan fingerprint density at radius 3 is 1.61 bits per heavy atom. The maximum Gasteiger partial charge on any atom is 0.326 e. The first-order chi connectivity index (χ1) is 23.6. The zero-order valence-corrected chi connectivity index (χ0v) is 29.9. The number of nitrogens with zero attached hydrogens (tertiary/aromatic N) is 1. The zero-order chi connectivity index (χ0) is 39.6. The Balaban J connectivity index is 6.18. The zero-order valence-electron chi connectivity index (χ0n) is 29.9. The lowest BCUT2D eigenvalue weighted by atomic mass is 9.97. The Bertz CT molecular complexity index is 1270. The number of hydrogen-bond donors (Lipinski definition) is 11. The predicted octanol–water partition coefficient (Wildman–Crippen LogP) is -2.43. The first kappa shape index (κ1) is 46.0. The van der Waals surface area contributed by atoms with Crippen LogP contribution in [-0.4, -0.2) is 112 Å². The van der Waals surface area contributed by atoms with Gasteiger partial charge in [-0.25, -0.2) is 4.79 Å². The standard InChI is InChI=1S/C31H55N9O11/c1-7-16(6)24(30(50)51)40-27(47)19(11-14(2)3)38-29(49)23(15(4)5)39-28(48)20(13-22(43)44)37-26(46)18(9-8-10-35-31(33)34)36-25(45)17(32)12-21(41)42/h14-20,23-24H,7-13,32H2,1-6H3,(H,36,45)(H,37,46)(H,38,49)(H,39,48)(H,40,47)(H,41,42)(H,43,44)(H,50,51)(H4,33,34,35)/t16-,17-,18-,19-,20-,23-,24-/m0/s1. The molecule has 0 rings (SSSR count). The molecule has 0 aromatic heterocycles. The summed E-state index contributed by atoms with van der Waals surface area (Å²) in [7, 11) is 0. The number of nitrogens with two attached hydrogens (primary N) is 3. The summed E-state index contributed by atoms with van der Waals surface area (Å²) in [6.45, 7) is 10.2. The second-order valence-electron chi connectivity index (χ2n) is 13.0. The van der Waals surface area contributed by atoms with Crippen molar-refractivity contribution < 1.29 is 53.7 Å². The van der Waals surface area contributed by atoms with E-state index in [4.69, 9.17) is 22.3 Å². The highest BCUT2D eigenvalue weighted by molar-refractivity contribution is 5.97. The number of aliphatic imine (C=N–C) groups is 1. The lowest BCUT2D eigenvalue weighted by Gasteiger charge is -2.29. The molecule has 0 saturated carbocycles. The summed E-state index contributed by atoms with van der Waals surface area (Å²) in [6.07, 6.45) is -1.14. The van der Waals surface area contributed by atoms with Crippen molar-refractivity contribution in [1.29, 1.82) is 0 Å². The molecule has 0 heterocycles. The molecule has 14 N–H and O–H groups in total. The average molecular weight is 730 g/mol. The number of hydrogen-bond acceptors (Lipinski definition) is 10. The van der Waals surface area contributed by atoms with Crippen LogP contribution in [0.25, 0.3) is 0 Å². The topological polar surface area (TPSA) is 348 Å². The van der Waals surface area contributed by atoms with E-state index in [-0.39, 0.29) is 37.7 Å². The molecule has 290 valence electrons. The molecular weight excluding hydrogens is 674 g/mol. The molecule has 0 spiro atoms. The largest absolute Gasteiger partial charge is 0.481 e. The minimum absolute atomic E-state index is 0.0256. The van der Waals surface area contributed by atoms with Gasteiger partial charge in [-0.15, -0.1) is 0 Å². The van der Waals surface area contributed by atoms with E-state index >= 15 is 0 Å². The maximum absolute atomic E-state index is 13.5. The molecule has 0 aliphatic carbocycles. The molecule has 0 saturated heterocycles. The third-order valence-corrected chi connectivity index (χ3v) is 7.69. The van der Waals surface area contributed by atoms with Crippen LogP contribution in [0.2, 0.25) is 0 Å². The van der Waals surface area contributed by atoms with Gasteiger partial charge in [-0.3, -0.25) is 38.6 Å². The van der Waals surface area contributed by atoms with Gasteiger partial charge in [0.05, 0.1) is 18.9 Å². The molecule has 5 amide bonds. The highest BCUT2D eigenvalue weighted by atomic mass is 16.4. The van der Waals surface area contributed by atoms with Crippen LogP contribution in [0.5, 0.6) is 0 Å². The van der Waals surface area contributed by atoms with Crippen LogP contribution in [0.3, 0.4) is 0 Å². The van der Waals surface area contributed by atoms with Crippen molar-refractivity contribution in [1.82, 2.24) is 26.6 Å². The van der Waals surface area contributed by atoms with Crippen molar-refractivity contribution >= 4 is 53.4 Å². The number of carboxylic acids is 3. The maximum atomic E-state index is 13.5. The van der Waals surface area contributed by atoms with E-state index in [1.54, 1.807) is 41.5 Å². The second-order valence-corrected chi connectivity index (χ2v) is 13.0. The Morgan fingerprint density at radius 2 is 1.14 bits per heavy atom. The number of carboxylic acid groups (broad SMARTS) is 3. The van der Waals surface area contributed by atoms with Crippen LogP contribution in [0.15, 0.2) is 4.99 Å². The number of aliphatic carboxylic acids is 3. The van der Waals surface area contributed by atoms with Gasteiger partial charge < -0.3 is 59.1 Å². The number of amides is 5. The van der Waals surface area contributed by atoms with Crippen molar-refractivity contribution in [2.45, 2.75) is 116 Å². The van der Waals surface area contributed by atoms with Gasteiger partial charge in [-0.05, 0) is 37.0 Å². The number of carbonyl (C=O) groups is 8. The van der Waals surface area contributed by atoms with E-state index < -0.39 is 108 Å². The first-order valence-corrected chi connectivity index (χ1v) is 16.6. The van der Waals surface area contributed by atoms with Crippen molar-refractivity contribution in [3.63, 3.8) is 0 Å². The predicted molar refractivity (Wildman–Crippen MR) is 183 cm³/mol. The third kappa shape index (κ3) is 18.0. The van der Waals surface area contributed by atoms with Gasteiger partial charge in [0.25, 0.3) is 0 Å². The Kier molecular flexibility index (Phi) is 20.4. The van der Waals surface area contributed by atoms with Crippen LogP contribution in [0.1, 0.15) is 80.1 Å². The van der Waals surface area contributed by atoms with Crippen molar-refractivity contribution in [2.75, 3.05) is 6.54 Å². The van der Waals surface area contributed by atoms with Crippen LogP contribution >= 0.6 is 0 Å². The highest BCUT2D eigenvalue weighted by Crippen LogP contribution is 2.12. The van der Waals surface area contributed by atoms with E-state index in [2.05, 4.69) is 31.6 Å². The van der Waals surface area contributed by atoms with E-state index in [0.29, 0.717) is 6.42 Å². The van der Waals surface area contributed by atoms with E-state index in [0.717, 1.165) is 0 Å². The summed E-state index contributed by atoms with van der Waals surface area (Å²) >= 11 is 0. The van der Waals surface area contributed by atoms with Gasteiger partial charge in [0.1, 0.15) is 30.2 Å². The molecule has 0 bridgehead atoms. The van der Waals surface area contributed by atoms with Crippen molar-refractivity contribution in [3.05, 3.63) is 0 Å². The number of rotatable bonds is 24. The summed E-state index contributed by atoms with van der Waals surface area (Å²) in [6, 6.07) is -8.49. The minimum Gasteiger partial charge on any atom is -0.481 e. The summed E-state index contributed by atoms with van der Waals surface area (Å²) in [5, 5.41) is 40.1. The summed E-state index contributed by atoms with van der Waals surface area (Å²) < 4.78 is 0. The van der Waals surface area contributed by atoms with Gasteiger partial charge in [0.2, 0.25) is 29.5 Å². The van der Waals surface area contributed by atoms with Crippen LogP contribution in [0.4, 0.5) is 0 Å². The van der Waals surface area contributed by atoms with Crippen LogP contribution < -0.4 is 43.8 Å². The van der Waals surface area contributed by atoms with E-state index in [1.165, 1.54) is 0 Å². The Hall–Kier alpha value is -5.01. The lowest BCUT2D eigenvalue weighted by molar-refractivity contribution is -0.144. The first-order valence-electron chi connectivity index (χ1n) is 16.6. The molecule has 0 unspecified atom stereocenters. The summed E-state index contributed by atoms with van der Waals surface area (Å²) in [4.78, 5) is 104. The minimum atomic E-state index is -1.77. The van der Waals surface area contributed by atoms with E-state index in [9.17, 15) is 48.6 Å². The molecule has 0 radical (unpaired) electrons. The van der Waals surface area contributed by atoms with Gasteiger partial charge in [-0.2, -0.15) is 0 Å². The smallest absolute Gasteiger partial charge is 0.326 e. The van der Waals surface area contributed by atoms with Gasteiger partial charge in [0.15, 0.2) is 5.96 Å². The average Bonchev–Trinajstić information content (AvgIpc) is 3.00. The highest BCUT2D eigenvalue weighted by Gasteiger charge is 2.35. The Labute approximate surface area is 296 Å². The normalized spacial score (nSPS) is 15.2. The molecule has 0 fully saturated rings. The van der Waals surface area contributed by atoms with Gasteiger partial charge >= 0.3 is 17.9 Å². The summed E-state index contributed by atoms with van der Waals surface area (Å²) in [5.74, 6) is -10.2. The molecule has 20 nitrogen and oxygen atoms in total. The Morgan fingerprint density at radius 1 is 0.647 bits per heavy atom. The molecule has 0 aliphatic heterocycles. The molecule has 0 aliphatic rings. The molecular formula is C31H55N9O11. The van der Waals surface area contributed by atoms with E-state index in [1.807, 2.05) is 0 Å². The fraction of sp³-hybridized carbons (Fsp3) is 0.710. The molecule has 20 heteroatoms. The number of guanidine groups is 1. The fourth-order valence-electron chi connectivity index (χ4n) is 4.68. The van der Waals surface area contributed by atoms with Gasteiger partial charge in [0, 0.05) is 6.54 Å². The molecule has 7 atom stereocenters. The quantitative estimate of drug-likeness (QED) is 0.0280. The SMILES string of the molecule is CC[C@H](C)[C@H](NC(=O)[C@H](CC(C)C)NC(=O)[C@@H](NC(=O)[C@H](CC(=O)O)NC(=O)[C@H](CCCN=C(N)N)NC(=O)[C@@H](N)CC(=O)O)C(C)C)C(=O)O. The van der Waals surface area contributed by atoms with Crippen LogP contribution in [-0.2, 0) is 38.4 Å².